The third-order valence-electron chi connectivity index (χ3n) is 3.21. The number of ether oxygens (including phenoxy) is 1. The third-order valence-corrected chi connectivity index (χ3v) is 4.19. The highest BCUT2D eigenvalue weighted by Crippen LogP contribution is 2.11. The summed E-state index contributed by atoms with van der Waals surface area (Å²) in [4.78, 5) is 13.5. The van der Waals surface area contributed by atoms with Crippen molar-refractivity contribution >= 4 is 15.7 Å². The van der Waals surface area contributed by atoms with Crippen molar-refractivity contribution in [2.24, 2.45) is 5.73 Å². The Morgan fingerprint density at radius 3 is 2.45 bits per heavy atom. The van der Waals surface area contributed by atoms with Crippen molar-refractivity contribution in [2.45, 2.75) is 19.4 Å². The van der Waals surface area contributed by atoms with Crippen LogP contribution in [0.5, 0.6) is 5.75 Å². The summed E-state index contributed by atoms with van der Waals surface area (Å²) in [7, 11) is -1.48. The molecule has 7 heteroatoms. The Hall–Kier alpha value is -1.60. The molecular formula is C15H24N2O4S. The van der Waals surface area contributed by atoms with E-state index in [1.54, 1.807) is 7.05 Å². The van der Waals surface area contributed by atoms with Gasteiger partial charge in [-0.15, -0.1) is 0 Å². The Morgan fingerprint density at radius 2 is 1.91 bits per heavy atom. The van der Waals surface area contributed by atoms with Crippen LogP contribution in [0.3, 0.4) is 0 Å². The van der Waals surface area contributed by atoms with Gasteiger partial charge in [-0.25, -0.2) is 8.42 Å². The first-order valence-corrected chi connectivity index (χ1v) is 9.13. The number of aryl methyl sites for hydroxylation is 1. The van der Waals surface area contributed by atoms with E-state index < -0.39 is 15.9 Å². The number of carbonyl (C=O) groups is 1. The molecule has 0 fully saturated rings. The highest BCUT2D eigenvalue weighted by atomic mass is 32.2. The van der Waals surface area contributed by atoms with Crippen LogP contribution in [0.25, 0.3) is 0 Å². The Balaban J connectivity index is 2.35. The van der Waals surface area contributed by atoms with E-state index in [0.717, 1.165) is 17.6 Å². The van der Waals surface area contributed by atoms with Gasteiger partial charge in [-0.3, -0.25) is 4.79 Å². The molecule has 124 valence electrons. The summed E-state index contributed by atoms with van der Waals surface area (Å²) in [5.41, 5.74) is 6.88. The molecule has 0 aliphatic rings. The first-order valence-electron chi connectivity index (χ1n) is 7.07. The number of carbonyl (C=O) groups excluding carboxylic acids is 1. The molecule has 0 aliphatic heterocycles. The van der Waals surface area contributed by atoms with Gasteiger partial charge in [-0.05, 0) is 25.5 Å². The molecule has 2 N–H and O–H groups in total. The van der Waals surface area contributed by atoms with Crippen LogP contribution in [-0.2, 0) is 14.6 Å². The van der Waals surface area contributed by atoms with Crippen LogP contribution < -0.4 is 10.5 Å². The van der Waals surface area contributed by atoms with Gasteiger partial charge in [0.2, 0.25) is 5.91 Å². The number of nitrogens with zero attached hydrogens (tertiary/aromatic N) is 1. The lowest BCUT2D eigenvalue weighted by Gasteiger charge is -2.21. The van der Waals surface area contributed by atoms with Crippen molar-refractivity contribution in [3.63, 3.8) is 0 Å². The summed E-state index contributed by atoms with van der Waals surface area (Å²) >= 11 is 0. The molecule has 0 aromatic heterocycles. The van der Waals surface area contributed by atoms with Gasteiger partial charge >= 0.3 is 0 Å². The van der Waals surface area contributed by atoms with Crippen LogP contribution in [0.15, 0.2) is 24.3 Å². The van der Waals surface area contributed by atoms with Crippen molar-refractivity contribution in [3.05, 3.63) is 29.8 Å². The first kappa shape index (κ1) is 18.4. The van der Waals surface area contributed by atoms with Gasteiger partial charge in [0, 0.05) is 13.3 Å². The fraction of sp³-hybridized carbons (Fsp3) is 0.533. The summed E-state index contributed by atoms with van der Waals surface area (Å²) in [6.07, 6.45) is 1.25. The molecule has 1 aromatic carbocycles. The lowest BCUT2D eigenvalue weighted by molar-refractivity contribution is -0.131. The molecule has 1 rings (SSSR count). The number of sulfone groups is 1. The molecule has 1 aromatic rings. The fourth-order valence-electron chi connectivity index (χ4n) is 1.79. The third kappa shape index (κ3) is 6.91. The van der Waals surface area contributed by atoms with Gasteiger partial charge in [0.1, 0.15) is 22.2 Å². The Labute approximate surface area is 132 Å². The van der Waals surface area contributed by atoms with Crippen molar-refractivity contribution in [2.75, 3.05) is 32.2 Å². The summed E-state index contributed by atoms with van der Waals surface area (Å²) < 4.78 is 27.7. The molecule has 1 atom stereocenters. The molecule has 1 amide bonds. The van der Waals surface area contributed by atoms with Crippen LogP contribution in [0.1, 0.15) is 12.0 Å². The number of nitrogens with two attached hydrogens (primary N) is 1. The maximum absolute atomic E-state index is 12.0. The normalized spacial score (nSPS) is 12.7. The predicted octanol–water partition coefficient (Wildman–Crippen LogP) is 0.594. The molecule has 0 spiro atoms. The van der Waals surface area contributed by atoms with Gasteiger partial charge in [-0.1, -0.05) is 17.7 Å². The number of likely N-dealkylation sites (N-methyl/N-ethyl adjacent to an activating group) is 1. The second kappa shape index (κ2) is 8.14. The van der Waals surface area contributed by atoms with Crippen LogP contribution in [0.2, 0.25) is 0 Å². The highest BCUT2D eigenvalue weighted by molar-refractivity contribution is 7.90. The number of benzene rings is 1. The van der Waals surface area contributed by atoms with Crippen molar-refractivity contribution in [3.8, 4) is 5.75 Å². The number of hydrogen-bond donors (Lipinski definition) is 1. The molecule has 0 aliphatic carbocycles. The van der Waals surface area contributed by atoms with Gasteiger partial charge < -0.3 is 15.4 Å². The lowest BCUT2D eigenvalue weighted by atomic mass is 10.2. The second-order valence-electron chi connectivity index (χ2n) is 5.45. The lowest BCUT2D eigenvalue weighted by Crippen LogP contribution is -2.44. The van der Waals surface area contributed by atoms with Gasteiger partial charge in [-0.2, -0.15) is 0 Å². The maximum atomic E-state index is 12.0. The van der Waals surface area contributed by atoms with E-state index >= 15 is 0 Å². The van der Waals surface area contributed by atoms with Crippen molar-refractivity contribution in [1.29, 1.82) is 0 Å². The van der Waals surface area contributed by atoms with Crippen LogP contribution in [0.4, 0.5) is 0 Å². The Bertz CT molecular complexity index is 584. The van der Waals surface area contributed by atoms with E-state index in [9.17, 15) is 13.2 Å². The molecule has 0 bridgehead atoms. The summed E-state index contributed by atoms with van der Waals surface area (Å²) in [6.45, 7) is 2.73. The minimum atomic E-state index is -3.11. The number of hydrogen-bond acceptors (Lipinski definition) is 5. The zero-order valence-corrected chi connectivity index (χ0v) is 14.1. The molecule has 0 saturated carbocycles. The summed E-state index contributed by atoms with van der Waals surface area (Å²) in [6, 6.07) is 6.83. The largest absolute Gasteiger partial charge is 0.492 e. The molecule has 0 saturated heterocycles. The second-order valence-corrected chi connectivity index (χ2v) is 7.71. The van der Waals surface area contributed by atoms with E-state index in [1.807, 2.05) is 31.2 Å². The van der Waals surface area contributed by atoms with E-state index in [2.05, 4.69) is 0 Å². The van der Waals surface area contributed by atoms with Crippen molar-refractivity contribution < 1.29 is 17.9 Å². The summed E-state index contributed by atoms with van der Waals surface area (Å²) in [5, 5.41) is 0. The zero-order chi connectivity index (χ0) is 16.8. The predicted molar refractivity (Wildman–Crippen MR) is 86.6 cm³/mol. The summed E-state index contributed by atoms with van der Waals surface area (Å²) in [5.74, 6) is 0.372. The highest BCUT2D eigenvalue weighted by Gasteiger charge is 2.19. The minimum Gasteiger partial charge on any atom is -0.492 e. The van der Waals surface area contributed by atoms with Crippen LogP contribution in [0, 0.1) is 6.92 Å². The van der Waals surface area contributed by atoms with Gasteiger partial charge in [0.25, 0.3) is 0 Å². The molecule has 6 nitrogen and oxygen atoms in total. The monoisotopic (exact) mass is 328 g/mol. The average Bonchev–Trinajstić information content (AvgIpc) is 2.45. The van der Waals surface area contributed by atoms with Crippen LogP contribution >= 0.6 is 0 Å². The molecule has 1 unspecified atom stereocenters. The molecular weight excluding hydrogens is 304 g/mol. The van der Waals surface area contributed by atoms with E-state index in [1.165, 1.54) is 4.90 Å². The van der Waals surface area contributed by atoms with Gasteiger partial charge in [0.15, 0.2) is 0 Å². The van der Waals surface area contributed by atoms with E-state index in [-0.39, 0.29) is 18.1 Å². The first-order chi connectivity index (χ1) is 10.2. The Kier molecular flexibility index (Phi) is 6.83. The maximum Gasteiger partial charge on any atom is 0.239 e. The topological polar surface area (TPSA) is 89.7 Å². The number of rotatable bonds is 8. The zero-order valence-electron chi connectivity index (χ0n) is 13.3. The van der Waals surface area contributed by atoms with E-state index in [0.29, 0.717) is 13.2 Å². The van der Waals surface area contributed by atoms with Crippen LogP contribution in [-0.4, -0.2) is 57.5 Å². The smallest absolute Gasteiger partial charge is 0.239 e. The standard InChI is InChI=1S/C15H24N2O4S/c1-12-4-6-13(7-5-12)21-10-9-17(2)15(18)14(16)8-11-22(3,19)20/h4-7,14H,8-11,16H2,1-3H3. The Morgan fingerprint density at radius 1 is 1.32 bits per heavy atom. The van der Waals surface area contributed by atoms with Gasteiger partial charge in [0.05, 0.1) is 18.3 Å². The average molecular weight is 328 g/mol. The quantitative estimate of drug-likeness (QED) is 0.754. The SMILES string of the molecule is Cc1ccc(OCCN(C)C(=O)C(N)CCS(C)(=O)=O)cc1. The molecule has 22 heavy (non-hydrogen) atoms. The number of amides is 1. The molecule has 0 radical (unpaired) electrons. The molecule has 0 heterocycles. The van der Waals surface area contributed by atoms with Crippen molar-refractivity contribution in [1.82, 2.24) is 4.90 Å². The fourth-order valence-corrected chi connectivity index (χ4v) is 2.47. The minimum absolute atomic E-state index is 0.0897. The van der Waals surface area contributed by atoms with E-state index in [4.69, 9.17) is 10.5 Å².